The summed E-state index contributed by atoms with van der Waals surface area (Å²) in [7, 11) is -2.01. The predicted octanol–water partition coefficient (Wildman–Crippen LogP) is 4.10. The molecule has 0 unspecified atom stereocenters. The number of ether oxygens (including phenoxy) is 1. The van der Waals surface area contributed by atoms with E-state index < -0.39 is 10.0 Å². The highest BCUT2D eigenvalue weighted by Gasteiger charge is 2.32. The number of piperazine rings is 1. The Hall–Kier alpha value is -2.67. The van der Waals surface area contributed by atoms with Crippen molar-refractivity contribution in [3.63, 3.8) is 0 Å². The lowest BCUT2D eigenvalue weighted by molar-refractivity contribution is 0.156. The zero-order valence-electron chi connectivity index (χ0n) is 17.9. The van der Waals surface area contributed by atoms with Gasteiger partial charge in [0.1, 0.15) is 5.75 Å². The van der Waals surface area contributed by atoms with Crippen molar-refractivity contribution in [1.29, 1.82) is 0 Å². The summed E-state index contributed by atoms with van der Waals surface area (Å²) in [5, 5.41) is 0. The zero-order valence-corrected chi connectivity index (χ0v) is 18.8. The van der Waals surface area contributed by atoms with Gasteiger partial charge in [0, 0.05) is 32.2 Å². The fraction of sp³-hybridized carbons (Fsp3) is 0.280. The number of methoxy groups -OCH3 is 1. The Labute approximate surface area is 184 Å². The van der Waals surface area contributed by atoms with Crippen LogP contribution in [0.25, 0.3) is 0 Å². The van der Waals surface area contributed by atoms with Gasteiger partial charge in [-0.25, -0.2) is 8.42 Å². The second-order valence-corrected chi connectivity index (χ2v) is 9.78. The van der Waals surface area contributed by atoms with Gasteiger partial charge in [-0.05, 0) is 30.2 Å². The van der Waals surface area contributed by atoms with E-state index in [1.807, 2.05) is 6.07 Å². The summed E-state index contributed by atoms with van der Waals surface area (Å²) >= 11 is 0. The molecule has 0 N–H and O–H groups in total. The molecule has 0 aromatic heterocycles. The molecule has 1 heterocycles. The van der Waals surface area contributed by atoms with Crippen LogP contribution in [0.1, 0.15) is 22.7 Å². The van der Waals surface area contributed by atoms with Crippen molar-refractivity contribution in [3.05, 3.63) is 95.6 Å². The molecule has 0 amide bonds. The molecule has 0 radical (unpaired) electrons. The summed E-state index contributed by atoms with van der Waals surface area (Å²) < 4.78 is 33.1. The van der Waals surface area contributed by atoms with Gasteiger partial charge in [-0.1, -0.05) is 66.2 Å². The molecule has 5 nitrogen and oxygen atoms in total. The highest BCUT2D eigenvalue weighted by Crippen LogP contribution is 2.31. The number of hydrogen-bond acceptors (Lipinski definition) is 4. The maximum Gasteiger partial charge on any atom is 0.243 e. The number of hydrogen-bond donors (Lipinski definition) is 0. The van der Waals surface area contributed by atoms with Crippen LogP contribution in [-0.2, 0) is 10.0 Å². The highest BCUT2D eigenvalue weighted by atomic mass is 32.2. The number of sulfonamides is 1. The predicted molar refractivity (Wildman–Crippen MR) is 123 cm³/mol. The Balaban J connectivity index is 1.56. The first-order valence-corrected chi connectivity index (χ1v) is 11.9. The Morgan fingerprint density at radius 3 is 2.10 bits per heavy atom. The summed E-state index contributed by atoms with van der Waals surface area (Å²) in [6, 6.07) is 25.8. The number of nitrogens with zero attached hydrogens (tertiary/aromatic N) is 2. The van der Waals surface area contributed by atoms with Crippen molar-refractivity contribution in [2.45, 2.75) is 17.9 Å². The van der Waals surface area contributed by atoms with Gasteiger partial charge >= 0.3 is 0 Å². The quantitative estimate of drug-likeness (QED) is 0.584. The summed E-state index contributed by atoms with van der Waals surface area (Å²) in [5.74, 6) is 0.545. The summed E-state index contributed by atoms with van der Waals surface area (Å²) in [5.41, 5.74) is 3.67. The molecule has 31 heavy (non-hydrogen) atoms. The van der Waals surface area contributed by atoms with Gasteiger partial charge in [0.2, 0.25) is 10.0 Å². The fourth-order valence-corrected chi connectivity index (χ4v) is 5.57. The number of benzene rings is 3. The summed E-state index contributed by atoms with van der Waals surface area (Å²) in [6.07, 6.45) is 0. The minimum absolute atomic E-state index is 0.100. The third-order valence-electron chi connectivity index (χ3n) is 5.83. The number of rotatable bonds is 6. The van der Waals surface area contributed by atoms with E-state index in [9.17, 15) is 8.42 Å². The van der Waals surface area contributed by atoms with Crippen molar-refractivity contribution in [3.8, 4) is 5.75 Å². The van der Waals surface area contributed by atoms with E-state index in [4.69, 9.17) is 4.74 Å². The molecule has 1 aliphatic heterocycles. The summed E-state index contributed by atoms with van der Waals surface area (Å²) in [6.45, 7) is 4.32. The zero-order chi connectivity index (χ0) is 21.8. The van der Waals surface area contributed by atoms with Gasteiger partial charge < -0.3 is 4.74 Å². The molecule has 1 aliphatic rings. The second kappa shape index (κ2) is 9.22. The van der Waals surface area contributed by atoms with E-state index in [2.05, 4.69) is 60.4 Å². The molecule has 1 fully saturated rings. The Morgan fingerprint density at radius 2 is 1.45 bits per heavy atom. The van der Waals surface area contributed by atoms with Gasteiger partial charge in [0.15, 0.2) is 0 Å². The van der Waals surface area contributed by atoms with Crippen LogP contribution in [0.4, 0.5) is 0 Å². The molecule has 1 saturated heterocycles. The topological polar surface area (TPSA) is 49.9 Å². The normalized spacial score (nSPS) is 16.7. The molecular formula is C25H28N2O3S. The van der Waals surface area contributed by atoms with E-state index in [1.54, 1.807) is 35.7 Å². The molecule has 4 rings (SSSR count). The first kappa shape index (κ1) is 21.6. The fourth-order valence-electron chi connectivity index (χ4n) is 4.11. The van der Waals surface area contributed by atoms with E-state index in [0.29, 0.717) is 31.9 Å². The van der Waals surface area contributed by atoms with Crippen LogP contribution in [0.15, 0.2) is 83.8 Å². The number of aryl methyl sites for hydroxylation is 1. The molecule has 0 spiro atoms. The second-order valence-electron chi connectivity index (χ2n) is 7.84. The van der Waals surface area contributed by atoms with Crippen LogP contribution in [-0.4, -0.2) is 50.9 Å². The molecule has 1 atom stereocenters. The van der Waals surface area contributed by atoms with Crippen molar-refractivity contribution in [2.24, 2.45) is 0 Å². The maximum absolute atomic E-state index is 13.2. The van der Waals surface area contributed by atoms with E-state index in [-0.39, 0.29) is 10.9 Å². The minimum Gasteiger partial charge on any atom is -0.497 e. The average molecular weight is 437 g/mol. The maximum atomic E-state index is 13.2. The highest BCUT2D eigenvalue weighted by molar-refractivity contribution is 7.89. The Morgan fingerprint density at radius 1 is 0.806 bits per heavy atom. The van der Waals surface area contributed by atoms with E-state index in [0.717, 1.165) is 0 Å². The lowest BCUT2D eigenvalue weighted by Gasteiger charge is -2.39. The first-order chi connectivity index (χ1) is 15.0. The van der Waals surface area contributed by atoms with Crippen LogP contribution < -0.4 is 4.74 Å². The van der Waals surface area contributed by atoms with Crippen LogP contribution in [0.3, 0.4) is 0 Å². The average Bonchev–Trinajstić information content (AvgIpc) is 2.81. The third-order valence-corrected chi connectivity index (χ3v) is 7.72. The lowest BCUT2D eigenvalue weighted by atomic mass is 9.96. The van der Waals surface area contributed by atoms with Crippen molar-refractivity contribution in [2.75, 3.05) is 33.3 Å². The minimum atomic E-state index is -3.55. The molecule has 3 aromatic rings. The molecule has 0 bridgehead atoms. The smallest absolute Gasteiger partial charge is 0.243 e. The van der Waals surface area contributed by atoms with Gasteiger partial charge in [-0.2, -0.15) is 4.31 Å². The van der Waals surface area contributed by atoms with Gasteiger partial charge in [0.05, 0.1) is 18.0 Å². The van der Waals surface area contributed by atoms with Crippen molar-refractivity contribution < 1.29 is 13.2 Å². The van der Waals surface area contributed by atoms with Crippen LogP contribution in [0.5, 0.6) is 5.75 Å². The molecule has 0 aliphatic carbocycles. The van der Waals surface area contributed by atoms with Gasteiger partial charge in [0.25, 0.3) is 0 Å². The van der Waals surface area contributed by atoms with Crippen LogP contribution >= 0.6 is 0 Å². The standard InChI is InChI=1S/C25H28N2O3S/c1-20-11-13-22(14-12-20)25(21-7-4-3-5-8-21)26-15-17-27(18-16-26)31(28,29)24-10-6-9-23(19-24)30-2/h3-14,19,25H,15-18H2,1-2H3/t25-/m0/s1. The monoisotopic (exact) mass is 436 g/mol. The molecule has 162 valence electrons. The molecule has 0 saturated carbocycles. The van der Waals surface area contributed by atoms with E-state index >= 15 is 0 Å². The molecule has 3 aromatic carbocycles. The van der Waals surface area contributed by atoms with Crippen LogP contribution in [0, 0.1) is 6.92 Å². The van der Waals surface area contributed by atoms with Gasteiger partial charge in [-0.3, -0.25) is 4.90 Å². The Kier molecular flexibility index (Phi) is 6.41. The van der Waals surface area contributed by atoms with Crippen molar-refractivity contribution >= 4 is 10.0 Å². The third kappa shape index (κ3) is 4.66. The first-order valence-electron chi connectivity index (χ1n) is 10.5. The lowest BCUT2D eigenvalue weighted by Crippen LogP contribution is -2.49. The van der Waals surface area contributed by atoms with Gasteiger partial charge in [-0.15, -0.1) is 0 Å². The van der Waals surface area contributed by atoms with E-state index in [1.165, 1.54) is 16.7 Å². The largest absolute Gasteiger partial charge is 0.497 e. The van der Waals surface area contributed by atoms with Crippen molar-refractivity contribution in [1.82, 2.24) is 9.21 Å². The van der Waals surface area contributed by atoms with Crippen LogP contribution in [0.2, 0.25) is 0 Å². The Bertz CT molecular complexity index is 1110. The molecule has 6 heteroatoms. The molecular weight excluding hydrogens is 408 g/mol. The SMILES string of the molecule is COc1cccc(S(=O)(=O)N2CCN([C@@H](c3ccccc3)c3ccc(C)cc3)CC2)c1. The summed E-state index contributed by atoms with van der Waals surface area (Å²) in [4.78, 5) is 2.65.